The van der Waals surface area contributed by atoms with E-state index in [4.69, 9.17) is 4.74 Å². The van der Waals surface area contributed by atoms with E-state index in [0.29, 0.717) is 0 Å². The molecule has 0 aliphatic carbocycles. The summed E-state index contributed by atoms with van der Waals surface area (Å²) >= 11 is 4.32. The molecular formula is C5H12OSSi. The minimum Gasteiger partial charge on any atom is -0.381 e. The van der Waals surface area contributed by atoms with E-state index in [1.54, 1.807) is 0 Å². The molecule has 0 aromatic carbocycles. The molecule has 1 nitrogen and oxygen atoms in total. The lowest BCUT2D eigenvalue weighted by Gasteiger charge is -2.18. The fraction of sp³-hybridized carbons (Fsp3) is 1.00. The highest BCUT2D eigenvalue weighted by Crippen LogP contribution is 2.18. The van der Waals surface area contributed by atoms with Gasteiger partial charge in [-0.25, -0.2) is 12.1 Å². The predicted molar refractivity (Wildman–Crippen MR) is 41.3 cm³/mol. The van der Waals surface area contributed by atoms with Gasteiger partial charge in [0, 0.05) is 13.2 Å². The molecule has 1 aliphatic heterocycles. The van der Waals surface area contributed by atoms with E-state index in [-0.39, 0.29) is 8.67 Å². The third-order valence-electron chi connectivity index (χ3n) is 1.51. The van der Waals surface area contributed by atoms with Gasteiger partial charge in [0.25, 0.3) is 0 Å². The number of thiol groups is 1. The van der Waals surface area contributed by atoms with Crippen LogP contribution in [0.25, 0.3) is 0 Å². The summed E-state index contributed by atoms with van der Waals surface area (Å²) in [4.78, 5) is 0. The van der Waals surface area contributed by atoms with Gasteiger partial charge < -0.3 is 4.74 Å². The van der Waals surface area contributed by atoms with Gasteiger partial charge in [0.05, 0.1) is 8.67 Å². The van der Waals surface area contributed by atoms with Gasteiger partial charge in [0.15, 0.2) is 0 Å². The van der Waals surface area contributed by atoms with E-state index < -0.39 is 0 Å². The standard InChI is InChI=1S/C5H12OSSi/c7-8-5-2-1-3-6-4-5/h5,7H,1-4,8H2. The molecule has 0 spiro atoms. The molecule has 1 saturated heterocycles. The normalized spacial score (nSPS) is 31.9. The quantitative estimate of drug-likeness (QED) is 0.423. The van der Waals surface area contributed by atoms with Crippen LogP contribution in [0.3, 0.4) is 0 Å². The van der Waals surface area contributed by atoms with Crippen LogP contribution in [-0.2, 0) is 4.74 Å². The molecule has 0 radical (unpaired) electrons. The average molecular weight is 148 g/mol. The number of rotatable bonds is 1. The van der Waals surface area contributed by atoms with Crippen LogP contribution in [0.1, 0.15) is 12.8 Å². The van der Waals surface area contributed by atoms with Crippen molar-refractivity contribution in [1.29, 1.82) is 0 Å². The first-order valence-corrected chi connectivity index (χ1v) is 6.46. The molecule has 0 aromatic heterocycles. The third-order valence-corrected chi connectivity index (χ3v) is 4.22. The number of hydrogen-bond donors (Lipinski definition) is 1. The van der Waals surface area contributed by atoms with Crippen molar-refractivity contribution in [3.8, 4) is 0 Å². The fourth-order valence-electron chi connectivity index (χ4n) is 0.951. The zero-order chi connectivity index (χ0) is 5.82. The highest BCUT2D eigenvalue weighted by Gasteiger charge is 2.11. The first-order chi connectivity index (χ1) is 3.93. The second-order valence-electron chi connectivity index (χ2n) is 2.27. The molecule has 1 rings (SSSR count). The molecule has 1 aliphatic rings. The molecule has 1 unspecified atom stereocenters. The minimum absolute atomic E-state index is 0.0623. The maximum atomic E-state index is 5.26. The SMILES string of the molecule is S[SiH2]C1CCCOC1. The van der Waals surface area contributed by atoms with Gasteiger partial charge in [-0.1, -0.05) is 0 Å². The number of ether oxygens (including phenoxy) is 1. The van der Waals surface area contributed by atoms with Crippen LogP contribution in [0.4, 0.5) is 0 Å². The molecule has 1 fully saturated rings. The maximum Gasteiger partial charge on any atom is 0.0866 e. The maximum absolute atomic E-state index is 5.26. The second kappa shape index (κ2) is 3.53. The third kappa shape index (κ3) is 1.80. The summed E-state index contributed by atoms with van der Waals surface area (Å²) in [5.74, 6) is 0. The predicted octanol–water partition coefficient (Wildman–Crippen LogP) is 0.599. The summed E-state index contributed by atoms with van der Waals surface area (Å²) in [6.45, 7) is 1.98. The highest BCUT2D eigenvalue weighted by atomic mass is 32.3. The highest BCUT2D eigenvalue weighted by molar-refractivity contribution is 8.07. The van der Waals surface area contributed by atoms with Crippen LogP contribution < -0.4 is 0 Å². The van der Waals surface area contributed by atoms with Gasteiger partial charge >= 0.3 is 0 Å². The van der Waals surface area contributed by atoms with Crippen molar-refractivity contribution < 1.29 is 4.74 Å². The average Bonchev–Trinajstić information content (AvgIpc) is 1.90. The van der Waals surface area contributed by atoms with Gasteiger partial charge in [-0.05, 0) is 18.4 Å². The van der Waals surface area contributed by atoms with Gasteiger partial charge in [-0.2, -0.15) is 0 Å². The van der Waals surface area contributed by atoms with Crippen molar-refractivity contribution in [3.05, 3.63) is 0 Å². The van der Waals surface area contributed by atoms with Crippen molar-refractivity contribution in [3.63, 3.8) is 0 Å². The first-order valence-electron chi connectivity index (χ1n) is 3.12. The van der Waals surface area contributed by atoms with E-state index >= 15 is 0 Å². The second-order valence-corrected chi connectivity index (χ2v) is 4.88. The Bertz CT molecular complexity index is 63.4. The monoisotopic (exact) mass is 148 g/mol. The first kappa shape index (κ1) is 6.64. The van der Waals surface area contributed by atoms with E-state index in [2.05, 4.69) is 12.1 Å². The molecular weight excluding hydrogens is 136 g/mol. The summed E-state index contributed by atoms with van der Waals surface area (Å²) in [6.07, 6.45) is 2.63. The van der Waals surface area contributed by atoms with Crippen molar-refractivity contribution in [2.24, 2.45) is 0 Å². The molecule has 0 saturated carbocycles. The molecule has 0 aromatic rings. The van der Waals surface area contributed by atoms with Crippen LogP contribution >= 0.6 is 12.1 Å². The summed E-state index contributed by atoms with van der Waals surface area (Å²) in [7, 11) is -0.0623. The van der Waals surface area contributed by atoms with Gasteiger partial charge in [0.2, 0.25) is 0 Å². The van der Waals surface area contributed by atoms with Crippen LogP contribution in [0.2, 0.25) is 5.54 Å². The van der Waals surface area contributed by atoms with Crippen molar-refractivity contribution in [2.45, 2.75) is 18.4 Å². The Morgan fingerprint density at radius 1 is 1.62 bits per heavy atom. The van der Waals surface area contributed by atoms with Crippen LogP contribution in [0, 0.1) is 0 Å². The van der Waals surface area contributed by atoms with Gasteiger partial charge in [0.1, 0.15) is 0 Å². The lowest BCUT2D eigenvalue weighted by molar-refractivity contribution is 0.0973. The Hall–Kier alpha value is 0.527. The van der Waals surface area contributed by atoms with Crippen LogP contribution in [0.5, 0.6) is 0 Å². The fourth-order valence-corrected chi connectivity index (χ4v) is 2.56. The van der Waals surface area contributed by atoms with Crippen LogP contribution in [0.15, 0.2) is 0 Å². The Labute approximate surface area is 57.7 Å². The van der Waals surface area contributed by atoms with Gasteiger partial charge in [-0.15, -0.1) is 0 Å². The minimum atomic E-state index is -0.0623. The molecule has 1 heterocycles. The van der Waals surface area contributed by atoms with E-state index in [1.165, 1.54) is 12.8 Å². The summed E-state index contributed by atoms with van der Waals surface area (Å²) < 4.78 is 5.26. The lowest BCUT2D eigenvalue weighted by atomic mass is 10.2. The Balaban J connectivity index is 2.13. The van der Waals surface area contributed by atoms with Crippen molar-refractivity contribution in [2.75, 3.05) is 13.2 Å². The molecule has 8 heavy (non-hydrogen) atoms. The Morgan fingerprint density at radius 3 is 2.88 bits per heavy atom. The molecule has 0 amide bonds. The Morgan fingerprint density at radius 2 is 2.50 bits per heavy atom. The van der Waals surface area contributed by atoms with E-state index in [1.807, 2.05) is 0 Å². The van der Waals surface area contributed by atoms with E-state index in [9.17, 15) is 0 Å². The van der Waals surface area contributed by atoms with Gasteiger partial charge in [-0.3, -0.25) is 0 Å². The molecule has 0 bridgehead atoms. The lowest BCUT2D eigenvalue weighted by Crippen LogP contribution is -2.14. The van der Waals surface area contributed by atoms with Crippen molar-refractivity contribution in [1.82, 2.24) is 0 Å². The number of hydrogen-bond acceptors (Lipinski definition) is 2. The van der Waals surface area contributed by atoms with E-state index in [0.717, 1.165) is 18.8 Å². The zero-order valence-corrected chi connectivity index (χ0v) is 7.28. The smallest absolute Gasteiger partial charge is 0.0866 e. The molecule has 1 atom stereocenters. The summed E-state index contributed by atoms with van der Waals surface area (Å²) in [5, 5.41) is 0. The zero-order valence-electron chi connectivity index (χ0n) is 4.97. The molecule has 48 valence electrons. The summed E-state index contributed by atoms with van der Waals surface area (Å²) in [6, 6.07) is 0. The largest absolute Gasteiger partial charge is 0.381 e. The topological polar surface area (TPSA) is 9.23 Å². The Kier molecular flexibility index (Phi) is 2.93. The molecule has 3 heteroatoms. The summed E-state index contributed by atoms with van der Waals surface area (Å²) in [5.41, 5.74) is 0.868. The molecule has 0 N–H and O–H groups in total. The van der Waals surface area contributed by atoms with Crippen molar-refractivity contribution >= 4 is 20.7 Å². The van der Waals surface area contributed by atoms with Crippen LogP contribution in [-0.4, -0.2) is 21.9 Å².